The Morgan fingerprint density at radius 3 is 0.756 bits per heavy atom. The molecule has 0 aromatic carbocycles. The average Bonchev–Trinajstić information content (AvgIpc) is 3.47. The first kappa shape index (κ1) is 77.8. The molecule has 0 fully saturated rings. The molecule has 0 aliphatic carbocycles. The summed E-state index contributed by atoms with van der Waals surface area (Å²) in [5, 5.41) is 0. The second-order valence-corrected chi connectivity index (χ2v) is 22.7. The molecule has 0 aliphatic rings. The molecule has 0 amide bonds. The summed E-state index contributed by atoms with van der Waals surface area (Å²) in [6, 6.07) is 0. The summed E-state index contributed by atoms with van der Waals surface area (Å²) in [4.78, 5) is 38.5. The third-order valence-electron chi connectivity index (χ3n) is 14.7. The van der Waals surface area contributed by atoms with Gasteiger partial charge in [0.1, 0.15) is 13.2 Å². The molecular weight excluding hydrogens is 1010 g/mol. The Bertz CT molecular complexity index is 1690. The lowest BCUT2D eigenvalue weighted by Gasteiger charge is -2.18. The average molecular weight is 1140 g/mol. The van der Waals surface area contributed by atoms with Crippen LogP contribution in [0.25, 0.3) is 0 Å². The van der Waals surface area contributed by atoms with Crippen molar-refractivity contribution in [1.29, 1.82) is 0 Å². The molecule has 82 heavy (non-hydrogen) atoms. The summed E-state index contributed by atoms with van der Waals surface area (Å²) in [6.45, 7) is 6.42. The topological polar surface area (TPSA) is 78.9 Å². The summed E-state index contributed by atoms with van der Waals surface area (Å²) < 4.78 is 17.0. The zero-order valence-electron chi connectivity index (χ0n) is 53.7. The van der Waals surface area contributed by atoms with Gasteiger partial charge in [0, 0.05) is 19.3 Å². The molecule has 1 atom stereocenters. The monoisotopic (exact) mass is 1140 g/mol. The zero-order chi connectivity index (χ0) is 59.2. The van der Waals surface area contributed by atoms with Crippen LogP contribution >= 0.6 is 0 Å². The van der Waals surface area contributed by atoms with Gasteiger partial charge in [0.15, 0.2) is 6.10 Å². The van der Waals surface area contributed by atoms with E-state index in [2.05, 4.69) is 142 Å². The summed E-state index contributed by atoms with van der Waals surface area (Å²) in [5.41, 5.74) is 0. The summed E-state index contributed by atoms with van der Waals surface area (Å²) in [5.74, 6) is -0.898. The smallest absolute Gasteiger partial charge is 0.306 e. The van der Waals surface area contributed by atoms with Crippen LogP contribution in [0.4, 0.5) is 0 Å². The standard InChI is InChI=1S/C76H128O6/c1-4-7-10-13-16-19-22-25-28-31-33-35-37-38-40-41-43-45-48-51-54-57-60-63-66-69-75(78)81-72-73(71-80-74(77)68-65-62-59-56-53-50-47-30-27-24-21-18-15-12-9-6-3)82-76(79)70-67-64-61-58-55-52-49-46-44-42-39-36-34-32-29-26-23-20-17-14-11-8-5-2/h7-8,10-11,16-17,19-20,25-26,28-30,33-36,42,44,47,73H,4-6,9,12-15,18,21-24,27,31-32,37-41,43,45-46,48-72H2,1-3H3/b10-7-,11-8-,19-16-,20-17-,28-25-,29-26-,35-33-,36-34-,44-42-,47-30-. The van der Waals surface area contributed by atoms with E-state index in [-0.39, 0.29) is 31.1 Å². The molecule has 0 aromatic heterocycles. The van der Waals surface area contributed by atoms with E-state index in [0.29, 0.717) is 19.3 Å². The minimum absolute atomic E-state index is 0.0870. The fourth-order valence-electron chi connectivity index (χ4n) is 9.57. The van der Waals surface area contributed by atoms with Gasteiger partial charge in [-0.2, -0.15) is 0 Å². The van der Waals surface area contributed by atoms with Crippen molar-refractivity contribution in [2.75, 3.05) is 13.2 Å². The van der Waals surface area contributed by atoms with Gasteiger partial charge in [-0.3, -0.25) is 14.4 Å². The number of esters is 3. The Labute approximate surface area is 507 Å². The Morgan fingerprint density at radius 2 is 0.476 bits per heavy atom. The maximum atomic E-state index is 13.0. The molecule has 0 bridgehead atoms. The van der Waals surface area contributed by atoms with E-state index in [1.54, 1.807) is 0 Å². The third-order valence-corrected chi connectivity index (χ3v) is 14.7. The number of unbranched alkanes of at least 4 members (excludes halogenated alkanes) is 31. The highest BCUT2D eigenvalue weighted by Crippen LogP contribution is 2.16. The highest BCUT2D eigenvalue weighted by Gasteiger charge is 2.19. The van der Waals surface area contributed by atoms with Crippen LogP contribution in [-0.4, -0.2) is 37.2 Å². The van der Waals surface area contributed by atoms with Crippen LogP contribution in [0.2, 0.25) is 0 Å². The molecule has 0 aromatic rings. The van der Waals surface area contributed by atoms with E-state index in [9.17, 15) is 14.4 Å². The van der Waals surface area contributed by atoms with E-state index in [0.717, 1.165) is 128 Å². The van der Waals surface area contributed by atoms with Crippen molar-refractivity contribution in [2.24, 2.45) is 0 Å². The first-order valence-corrected chi connectivity index (χ1v) is 34.5. The fraction of sp³-hybridized carbons (Fsp3) is 0.697. The lowest BCUT2D eigenvalue weighted by Crippen LogP contribution is -2.30. The van der Waals surface area contributed by atoms with Gasteiger partial charge in [-0.15, -0.1) is 0 Å². The molecule has 0 radical (unpaired) electrons. The van der Waals surface area contributed by atoms with Crippen molar-refractivity contribution >= 4 is 17.9 Å². The molecule has 0 rings (SSSR count). The molecule has 1 unspecified atom stereocenters. The van der Waals surface area contributed by atoms with Gasteiger partial charge in [-0.25, -0.2) is 0 Å². The molecule has 0 saturated heterocycles. The molecule has 0 N–H and O–H groups in total. The second-order valence-electron chi connectivity index (χ2n) is 22.7. The van der Waals surface area contributed by atoms with Crippen molar-refractivity contribution in [3.05, 3.63) is 122 Å². The lowest BCUT2D eigenvalue weighted by atomic mass is 10.0. The number of carbonyl (C=O) groups is 3. The number of hydrogen-bond donors (Lipinski definition) is 0. The van der Waals surface area contributed by atoms with E-state index in [1.165, 1.54) is 154 Å². The van der Waals surface area contributed by atoms with Crippen LogP contribution in [0.1, 0.15) is 323 Å². The Kier molecular flexibility index (Phi) is 65.8. The van der Waals surface area contributed by atoms with Gasteiger partial charge in [0.25, 0.3) is 0 Å². The first-order valence-electron chi connectivity index (χ1n) is 34.5. The highest BCUT2D eigenvalue weighted by atomic mass is 16.6. The number of rotatable bonds is 62. The van der Waals surface area contributed by atoms with E-state index >= 15 is 0 Å². The van der Waals surface area contributed by atoms with Crippen LogP contribution in [0, 0.1) is 0 Å². The van der Waals surface area contributed by atoms with Gasteiger partial charge in [0.2, 0.25) is 0 Å². The Hall–Kier alpha value is -4.19. The quantitative estimate of drug-likeness (QED) is 0.0261. The zero-order valence-corrected chi connectivity index (χ0v) is 53.7. The fourth-order valence-corrected chi connectivity index (χ4v) is 9.57. The molecular formula is C76H128O6. The van der Waals surface area contributed by atoms with Crippen molar-refractivity contribution in [2.45, 2.75) is 329 Å². The molecule has 0 heterocycles. The van der Waals surface area contributed by atoms with Crippen molar-refractivity contribution in [3.8, 4) is 0 Å². The predicted octanol–water partition coefficient (Wildman–Crippen LogP) is 23.9. The van der Waals surface area contributed by atoms with Gasteiger partial charge < -0.3 is 14.2 Å². The molecule has 0 aliphatic heterocycles. The summed E-state index contributed by atoms with van der Waals surface area (Å²) in [6.07, 6.45) is 96.4. The Morgan fingerprint density at radius 1 is 0.256 bits per heavy atom. The van der Waals surface area contributed by atoms with Crippen molar-refractivity contribution in [3.63, 3.8) is 0 Å². The number of carbonyl (C=O) groups excluding carboxylic acids is 3. The van der Waals surface area contributed by atoms with Crippen LogP contribution in [0.15, 0.2) is 122 Å². The summed E-state index contributed by atoms with van der Waals surface area (Å²) in [7, 11) is 0. The second kappa shape index (κ2) is 69.3. The van der Waals surface area contributed by atoms with Gasteiger partial charge >= 0.3 is 17.9 Å². The molecule has 6 heteroatoms. The van der Waals surface area contributed by atoms with Gasteiger partial charge in [0.05, 0.1) is 0 Å². The van der Waals surface area contributed by atoms with Crippen LogP contribution < -0.4 is 0 Å². The van der Waals surface area contributed by atoms with Crippen LogP contribution in [0.5, 0.6) is 0 Å². The maximum absolute atomic E-state index is 13.0. The maximum Gasteiger partial charge on any atom is 0.306 e. The van der Waals surface area contributed by atoms with Gasteiger partial charge in [-0.05, 0) is 128 Å². The molecule has 6 nitrogen and oxygen atoms in total. The normalized spacial score (nSPS) is 12.9. The SMILES string of the molecule is CC/C=C\C/C=C\C/C=C\C/C=C\C/C=C\CCCCCCCCCC(=O)OC(COC(=O)CCCCCCC/C=C\CCCCCCCCC)COC(=O)CCCCCCCCCCCCCC/C=C\C/C=C\C/C=C\C/C=C\CC. The molecule has 468 valence electrons. The third kappa shape index (κ3) is 66.6. The largest absolute Gasteiger partial charge is 0.462 e. The number of hydrogen-bond acceptors (Lipinski definition) is 6. The van der Waals surface area contributed by atoms with E-state index in [4.69, 9.17) is 14.2 Å². The molecule has 0 spiro atoms. The highest BCUT2D eigenvalue weighted by molar-refractivity contribution is 5.71. The number of allylic oxidation sites excluding steroid dienone is 20. The minimum Gasteiger partial charge on any atom is -0.462 e. The van der Waals surface area contributed by atoms with Crippen molar-refractivity contribution < 1.29 is 28.6 Å². The molecule has 0 saturated carbocycles. The lowest BCUT2D eigenvalue weighted by molar-refractivity contribution is -0.167. The van der Waals surface area contributed by atoms with Crippen LogP contribution in [-0.2, 0) is 28.6 Å². The minimum atomic E-state index is -0.793. The first-order chi connectivity index (χ1) is 40.5. The van der Waals surface area contributed by atoms with E-state index in [1.807, 2.05) is 0 Å². The van der Waals surface area contributed by atoms with E-state index < -0.39 is 6.10 Å². The van der Waals surface area contributed by atoms with Crippen molar-refractivity contribution in [1.82, 2.24) is 0 Å². The number of ether oxygens (including phenoxy) is 3. The summed E-state index contributed by atoms with van der Waals surface area (Å²) >= 11 is 0. The Balaban J connectivity index is 4.39. The van der Waals surface area contributed by atoms with Crippen LogP contribution in [0.3, 0.4) is 0 Å². The predicted molar refractivity (Wildman–Crippen MR) is 357 cm³/mol. The van der Waals surface area contributed by atoms with Gasteiger partial charge in [-0.1, -0.05) is 296 Å².